The second-order valence-electron chi connectivity index (χ2n) is 3.31. The normalized spacial score (nSPS) is 16.5. The average Bonchev–Trinajstić information content (AvgIpc) is 2.63. The summed E-state index contributed by atoms with van der Waals surface area (Å²) >= 11 is 6.19. The minimum Gasteiger partial charge on any atom is -0.493 e. The largest absolute Gasteiger partial charge is 0.493 e. The second-order valence-corrected chi connectivity index (χ2v) is 3.84. The van der Waals surface area contributed by atoms with E-state index in [1.54, 1.807) is 0 Å². The van der Waals surface area contributed by atoms with Gasteiger partial charge in [0.05, 0.1) is 12.0 Å². The molecule has 1 unspecified atom stereocenters. The van der Waals surface area contributed by atoms with Gasteiger partial charge in [-0.1, -0.05) is 25.1 Å². The number of hydrogen-bond donors (Lipinski definition) is 0. The molecule has 0 amide bonds. The van der Waals surface area contributed by atoms with E-state index in [0.29, 0.717) is 0 Å². The zero-order valence-corrected chi connectivity index (χ0v) is 8.47. The van der Waals surface area contributed by atoms with E-state index >= 15 is 0 Å². The van der Waals surface area contributed by atoms with Gasteiger partial charge in [0, 0.05) is 12.0 Å². The molecular weight excluding hydrogens is 184 g/mol. The Kier molecular flexibility index (Phi) is 2.45. The van der Waals surface area contributed by atoms with Gasteiger partial charge in [-0.25, -0.2) is 0 Å². The number of para-hydroxylation sites is 1. The van der Waals surface area contributed by atoms with Crippen molar-refractivity contribution in [1.82, 2.24) is 0 Å². The number of halogens is 1. The van der Waals surface area contributed by atoms with Gasteiger partial charge in [0.15, 0.2) is 0 Å². The van der Waals surface area contributed by atoms with Gasteiger partial charge in [-0.3, -0.25) is 0 Å². The third-order valence-corrected chi connectivity index (χ3v) is 2.98. The predicted octanol–water partition coefficient (Wildman–Crippen LogP) is 3.31. The monoisotopic (exact) mass is 196 g/mol. The highest BCUT2D eigenvalue weighted by molar-refractivity contribution is 6.21. The number of alkyl halides is 1. The fourth-order valence-electron chi connectivity index (χ4n) is 1.71. The van der Waals surface area contributed by atoms with Crippen LogP contribution in [0, 0.1) is 0 Å². The van der Waals surface area contributed by atoms with Crippen molar-refractivity contribution < 1.29 is 4.74 Å². The number of rotatable bonds is 2. The summed E-state index contributed by atoms with van der Waals surface area (Å²) in [7, 11) is 0. The molecule has 70 valence electrons. The standard InChI is InChI=1S/C11H13ClO/c1-2-10(12)9-5-3-4-8-6-7-13-11(8)9/h3-5,10H,2,6-7H2,1H3. The number of ether oxygens (including phenoxy) is 1. The molecule has 0 fully saturated rings. The van der Waals surface area contributed by atoms with Crippen LogP contribution in [0.5, 0.6) is 5.75 Å². The zero-order valence-electron chi connectivity index (χ0n) is 7.72. The van der Waals surface area contributed by atoms with E-state index in [4.69, 9.17) is 16.3 Å². The highest BCUT2D eigenvalue weighted by Gasteiger charge is 2.19. The van der Waals surface area contributed by atoms with Crippen LogP contribution in [0.3, 0.4) is 0 Å². The van der Waals surface area contributed by atoms with Gasteiger partial charge in [-0.05, 0) is 12.0 Å². The summed E-state index contributed by atoms with van der Waals surface area (Å²) in [6.07, 6.45) is 1.97. The molecule has 0 saturated carbocycles. The topological polar surface area (TPSA) is 9.23 Å². The summed E-state index contributed by atoms with van der Waals surface area (Å²) in [5.74, 6) is 1.03. The van der Waals surface area contributed by atoms with Gasteiger partial charge in [-0.2, -0.15) is 0 Å². The van der Waals surface area contributed by atoms with E-state index in [0.717, 1.165) is 30.8 Å². The lowest BCUT2D eigenvalue weighted by Gasteiger charge is -2.11. The lowest BCUT2D eigenvalue weighted by atomic mass is 10.0. The molecule has 1 atom stereocenters. The number of fused-ring (bicyclic) bond motifs is 1. The molecule has 1 nitrogen and oxygen atoms in total. The van der Waals surface area contributed by atoms with Crippen LogP contribution in [-0.2, 0) is 6.42 Å². The molecule has 0 aliphatic carbocycles. The second kappa shape index (κ2) is 3.59. The van der Waals surface area contributed by atoms with Crippen LogP contribution in [0.25, 0.3) is 0 Å². The van der Waals surface area contributed by atoms with Crippen LogP contribution in [0.4, 0.5) is 0 Å². The minimum absolute atomic E-state index is 0.0908. The van der Waals surface area contributed by atoms with Crippen LogP contribution in [-0.4, -0.2) is 6.61 Å². The van der Waals surface area contributed by atoms with Gasteiger partial charge < -0.3 is 4.74 Å². The molecule has 0 aromatic heterocycles. The molecule has 0 bridgehead atoms. The van der Waals surface area contributed by atoms with Crippen molar-refractivity contribution in [1.29, 1.82) is 0 Å². The highest BCUT2D eigenvalue weighted by atomic mass is 35.5. The molecule has 0 N–H and O–H groups in total. The van der Waals surface area contributed by atoms with Crippen molar-refractivity contribution in [3.8, 4) is 5.75 Å². The molecule has 1 aromatic rings. The van der Waals surface area contributed by atoms with Gasteiger partial charge in [0.1, 0.15) is 5.75 Å². The van der Waals surface area contributed by atoms with Crippen molar-refractivity contribution in [2.24, 2.45) is 0 Å². The first-order chi connectivity index (χ1) is 6.33. The molecule has 2 rings (SSSR count). The first-order valence-electron chi connectivity index (χ1n) is 4.71. The van der Waals surface area contributed by atoms with Crippen molar-refractivity contribution >= 4 is 11.6 Å². The fraction of sp³-hybridized carbons (Fsp3) is 0.455. The summed E-state index contributed by atoms with van der Waals surface area (Å²) < 4.78 is 5.57. The average molecular weight is 197 g/mol. The van der Waals surface area contributed by atoms with E-state index in [2.05, 4.69) is 25.1 Å². The van der Waals surface area contributed by atoms with E-state index in [1.807, 2.05) is 0 Å². The van der Waals surface area contributed by atoms with Crippen LogP contribution < -0.4 is 4.74 Å². The predicted molar refractivity (Wildman–Crippen MR) is 54.5 cm³/mol. The summed E-state index contributed by atoms with van der Waals surface area (Å²) in [5.41, 5.74) is 2.45. The lowest BCUT2D eigenvalue weighted by Crippen LogP contribution is -1.93. The maximum atomic E-state index is 6.19. The van der Waals surface area contributed by atoms with Gasteiger partial charge in [-0.15, -0.1) is 11.6 Å². The summed E-state index contributed by atoms with van der Waals surface area (Å²) in [6.45, 7) is 2.89. The van der Waals surface area contributed by atoms with Crippen LogP contribution in [0.15, 0.2) is 18.2 Å². The number of benzene rings is 1. The first-order valence-corrected chi connectivity index (χ1v) is 5.15. The summed E-state index contributed by atoms with van der Waals surface area (Å²) in [6, 6.07) is 6.24. The quantitative estimate of drug-likeness (QED) is 0.660. The molecule has 1 aromatic carbocycles. The van der Waals surface area contributed by atoms with Crippen LogP contribution in [0.2, 0.25) is 0 Å². The molecule has 0 spiro atoms. The van der Waals surface area contributed by atoms with Gasteiger partial charge >= 0.3 is 0 Å². The molecule has 13 heavy (non-hydrogen) atoms. The smallest absolute Gasteiger partial charge is 0.127 e. The van der Waals surface area contributed by atoms with Gasteiger partial charge in [0.25, 0.3) is 0 Å². The molecule has 0 radical (unpaired) electrons. The molecular formula is C11H13ClO. The Morgan fingerprint density at radius 2 is 2.38 bits per heavy atom. The Labute approximate surface area is 83.7 Å². The van der Waals surface area contributed by atoms with E-state index in [9.17, 15) is 0 Å². The van der Waals surface area contributed by atoms with Crippen molar-refractivity contribution in [2.75, 3.05) is 6.61 Å². The Morgan fingerprint density at radius 1 is 1.54 bits per heavy atom. The minimum atomic E-state index is 0.0908. The third kappa shape index (κ3) is 1.53. The van der Waals surface area contributed by atoms with E-state index < -0.39 is 0 Å². The summed E-state index contributed by atoms with van der Waals surface area (Å²) in [4.78, 5) is 0. The third-order valence-electron chi connectivity index (χ3n) is 2.44. The Hall–Kier alpha value is -0.690. The van der Waals surface area contributed by atoms with Crippen LogP contribution >= 0.6 is 11.6 Å². The Balaban J connectivity index is 2.41. The Bertz CT molecular complexity index is 309. The maximum Gasteiger partial charge on any atom is 0.127 e. The van der Waals surface area contributed by atoms with Crippen molar-refractivity contribution in [3.63, 3.8) is 0 Å². The lowest BCUT2D eigenvalue weighted by molar-refractivity contribution is 0.353. The fourth-order valence-corrected chi connectivity index (χ4v) is 1.88. The van der Waals surface area contributed by atoms with Crippen LogP contribution in [0.1, 0.15) is 29.8 Å². The molecule has 0 saturated heterocycles. The molecule has 2 heteroatoms. The molecule has 1 aliphatic heterocycles. The maximum absolute atomic E-state index is 6.19. The van der Waals surface area contributed by atoms with E-state index in [1.165, 1.54) is 5.56 Å². The number of hydrogen-bond acceptors (Lipinski definition) is 1. The first kappa shape index (κ1) is 8.89. The SMILES string of the molecule is CCC(Cl)c1cccc2c1OCC2. The van der Waals surface area contributed by atoms with Gasteiger partial charge in [0.2, 0.25) is 0 Å². The highest BCUT2D eigenvalue weighted by Crippen LogP contribution is 2.37. The Morgan fingerprint density at radius 3 is 3.15 bits per heavy atom. The van der Waals surface area contributed by atoms with Crippen molar-refractivity contribution in [3.05, 3.63) is 29.3 Å². The van der Waals surface area contributed by atoms with E-state index in [-0.39, 0.29) is 5.38 Å². The van der Waals surface area contributed by atoms with Crippen molar-refractivity contribution in [2.45, 2.75) is 25.1 Å². The summed E-state index contributed by atoms with van der Waals surface area (Å²) in [5, 5.41) is 0.0908. The zero-order chi connectivity index (χ0) is 9.26. The molecule has 1 aliphatic rings. The molecule has 1 heterocycles.